The van der Waals surface area contributed by atoms with Gasteiger partial charge in [0.1, 0.15) is 5.58 Å². The molecule has 1 saturated carbocycles. The summed E-state index contributed by atoms with van der Waals surface area (Å²) in [5.74, 6) is 0.399. The van der Waals surface area contributed by atoms with Crippen LogP contribution in [0.1, 0.15) is 35.9 Å². The van der Waals surface area contributed by atoms with Crippen molar-refractivity contribution in [2.45, 2.75) is 32.2 Å². The number of furan rings is 1. The molecule has 0 saturated heterocycles. The van der Waals surface area contributed by atoms with Gasteiger partial charge in [-0.3, -0.25) is 4.79 Å². The molecular weight excluding hydrogens is 254 g/mol. The van der Waals surface area contributed by atoms with E-state index in [-0.39, 0.29) is 12.5 Å². The minimum atomic E-state index is -0.550. The summed E-state index contributed by atoms with van der Waals surface area (Å²) in [6, 6.07) is 7.56. The van der Waals surface area contributed by atoms with Crippen LogP contribution in [0.25, 0.3) is 11.0 Å². The van der Waals surface area contributed by atoms with Crippen molar-refractivity contribution in [3.63, 3.8) is 0 Å². The second kappa shape index (κ2) is 4.63. The molecule has 0 aliphatic heterocycles. The van der Waals surface area contributed by atoms with E-state index in [0.29, 0.717) is 17.3 Å². The molecule has 2 N–H and O–H groups in total. The van der Waals surface area contributed by atoms with Gasteiger partial charge in [0.05, 0.1) is 12.1 Å². The molecule has 0 bridgehead atoms. The molecule has 1 aliphatic carbocycles. The van der Waals surface area contributed by atoms with Gasteiger partial charge in [-0.25, -0.2) is 0 Å². The molecule has 106 valence electrons. The molecule has 1 fully saturated rings. The molecule has 4 nitrogen and oxygen atoms in total. The Morgan fingerprint density at radius 2 is 2.20 bits per heavy atom. The maximum atomic E-state index is 12.3. The van der Waals surface area contributed by atoms with Crippen LogP contribution in [0.5, 0.6) is 0 Å². The number of hydrogen-bond acceptors (Lipinski definition) is 3. The Morgan fingerprint density at radius 1 is 1.45 bits per heavy atom. The number of aryl methyl sites for hydroxylation is 1. The lowest BCUT2D eigenvalue weighted by atomic mass is 9.97. The van der Waals surface area contributed by atoms with Crippen molar-refractivity contribution in [1.82, 2.24) is 5.32 Å². The van der Waals surface area contributed by atoms with Crippen molar-refractivity contribution in [3.8, 4) is 0 Å². The Labute approximate surface area is 117 Å². The Morgan fingerprint density at radius 3 is 2.85 bits per heavy atom. The van der Waals surface area contributed by atoms with Crippen molar-refractivity contribution in [3.05, 3.63) is 35.6 Å². The number of nitrogens with one attached hydrogen (secondary N) is 1. The van der Waals surface area contributed by atoms with E-state index < -0.39 is 5.54 Å². The van der Waals surface area contributed by atoms with E-state index in [2.05, 4.69) is 5.32 Å². The van der Waals surface area contributed by atoms with E-state index in [4.69, 9.17) is 4.42 Å². The number of aliphatic hydroxyl groups excluding tert-OH is 1. The number of aliphatic hydroxyl groups is 1. The van der Waals surface area contributed by atoms with Crippen LogP contribution in [0.15, 0.2) is 28.7 Å². The van der Waals surface area contributed by atoms with E-state index in [1.807, 2.05) is 32.0 Å². The summed E-state index contributed by atoms with van der Waals surface area (Å²) in [6.45, 7) is 3.83. The van der Waals surface area contributed by atoms with Crippen LogP contribution in [0.3, 0.4) is 0 Å². The summed E-state index contributed by atoms with van der Waals surface area (Å²) in [6.07, 6.45) is 2.10. The quantitative estimate of drug-likeness (QED) is 0.900. The highest BCUT2D eigenvalue weighted by Gasteiger charge is 2.42. The third kappa shape index (κ3) is 2.31. The van der Waals surface area contributed by atoms with Gasteiger partial charge in [0, 0.05) is 5.39 Å². The Hall–Kier alpha value is -1.81. The van der Waals surface area contributed by atoms with Gasteiger partial charge in [0.25, 0.3) is 5.91 Å². The monoisotopic (exact) mass is 273 g/mol. The van der Waals surface area contributed by atoms with Crippen LogP contribution in [0, 0.1) is 12.8 Å². The minimum Gasteiger partial charge on any atom is -0.451 e. The fourth-order valence-electron chi connectivity index (χ4n) is 2.59. The standard InChI is InChI=1S/C16H19NO3/c1-10-3-6-13-11(7-10)8-14(20-13)15(19)17-16(2,9-18)12-4-5-12/h3,6-8,12,18H,4-5,9H2,1-2H3,(H,17,19). The predicted octanol–water partition coefficient (Wildman–Crippen LogP) is 2.63. The smallest absolute Gasteiger partial charge is 0.287 e. The zero-order valence-corrected chi connectivity index (χ0v) is 11.8. The van der Waals surface area contributed by atoms with Crippen LogP contribution >= 0.6 is 0 Å². The fraction of sp³-hybridized carbons (Fsp3) is 0.438. The molecule has 1 amide bonds. The summed E-state index contributed by atoms with van der Waals surface area (Å²) in [5.41, 5.74) is 1.28. The molecule has 3 rings (SSSR count). The average Bonchev–Trinajstić information content (AvgIpc) is 3.19. The first-order chi connectivity index (χ1) is 9.51. The lowest BCUT2D eigenvalue weighted by molar-refractivity contribution is 0.0799. The lowest BCUT2D eigenvalue weighted by Gasteiger charge is -2.28. The molecule has 1 aromatic carbocycles. The van der Waals surface area contributed by atoms with Gasteiger partial charge in [0.2, 0.25) is 0 Å². The van der Waals surface area contributed by atoms with Gasteiger partial charge < -0.3 is 14.8 Å². The van der Waals surface area contributed by atoms with Crippen molar-refractivity contribution in [1.29, 1.82) is 0 Å². The van der Waals surface area contributed by atoms with Crippen molar-refractivity contribution in [2.24, 2.45) is 5.92 Å². The maximum absolute atomic E-state index is 12.3. The zero-order valence-electron chi connectivity index (χ0n) is 11.8. The fourth-order valence-corrected chi connectivity index (χ4v) is 2.59. The molecule has 20 heavy (non-hydrogen) atoms. The SMILES string of the molecule is Cc1ccc2oc(C(=O)NC(C)(CO)C3CC3)cc2c1. The van der Waals surface area contributed by atoms with Gasteiger partial charge in [0.15, 0.2) is 5.76 Å². The zero-order chi connectivity index (χ0) is 14.3. The normalized spacial score (nSPS) is 17.9. The largest absolute Gasteiger partial charge is 0.451 e. The number of carbonyl (C=O) groups excluding carboxylic acids is 1. The molecule has 0 spiro atoms. The highest BCUT2D eigenvalue weighted by Crippen LogP contribution is 2.39. The van der Waals surface area contributed by atoms with Gasteiger partial charge in [-0.05, 0) is 50.8 Å². The van der Waals surface area contributed by atoms with Gasteiger partial charge in [-0.1, -0.05) is 11.6 Å². The summed E-state index contributed by atoms with van der Waals surface area (Å²) >= 11 is 0. The topological polar surface area (TPSA) is 62.5 Å². The molecule has 4 heteroatoms. The summed E-state index contributed by atoms with van der Waals surface area (Å²) in [5, 5.41) is 13.4. The van der Waals surface area contributed by atoms with Crippen molar-refractivity contribution in [2.75, 3.05) is 6.61 Å². The number of fused-ring (bicyclic) bond motifs is 1. The predicted molar refractivity (Wildman–Crippen MR) is 76.6 cm³/mol. The van der Waals surface area contributed by atoms with Crippen molar-refractivity contribution >= 4 is 16.9 Å². The molecular formula is C16H19NO3. The second-order valence-corrected chi connectivity index (χ2v) is 5.96. The highest BCUT2D eigenvalue weighted by molar-refractivity contribution is 5.96. The van der Waals surface area contributed by atoms with E-state index >= 15 is 0 Å². The van der Waals surface area contributed by atoms with E-state index in [9.17, 15) is 9.90 Å². The van der Waals surface area contributed by atoms with Gasteiger partial charge in [-0.15, -0.1) is 0 Å². The Kier molecular flexibility index (Phi) is 3.05. The number of carbonyl (C=O) groups is 1. The number of hydrogen-bond donors (Lipinski definition) is 2. The Bertz CT molecular complexity index is 657. The molecule has 1 unspecified atom stereocenters. The third-order valence-corrected chi connectivity index (χ3v) is 4.10. The molecule has 1 aromatic heterocycles. The van der Waals surface area contributed by atoms with Crippen LogP contribution in [-0.4, -0.2) is 23.2 Å². The maximum Gasteiger partial charge on any atom is 0.287 e. The van der Waals surface area contributed by atoms with E-state index in [1.165, 1.54) is 0 Å². The highest BCUT2D eigenvalue weighted by atomic mass is 16.3. The molecule has 1 heterocycles. The van der Waals surface area contributed by atoms with E-state index in [1.54, 1.807) is 6.07 Å². The first-order valence-electron chi connectivity index (χ1n) is 6.95. The molecule has 2 aromatic rings. The number of amides is 1. The number of rotatable bonds is 4. The average molecular weight is 273 g/mol. The van der Waals surface area contributed by atoms with Crippen LogP contribution < -0.4 is 5.32 Å². The first kappa shape index (κ1) is 13.2. The lowest BCUT2D eigenvalue weighted by Crippen LogP contribution is -2.50. The molecule has 1 atom stereocenters. The summed E-state index contributed by atoms with van der Waals surface area (Å²) in [7, 11) is 0. The molecule has 0 radical (unpaired) electrons. The van der Waals surface area contributed by atoms with Crippen LogP contribution in [-0.2, 0) is 0 Å². The summed E-state index contributed by atoms with van der Waals surface area (Å²) < 4.78 is 5.58. The molecule has 1 aliphatic rings. The third-order valence-electron chi connectivity index (χ3n) is 4.10. The van der Waals surface area contributed by atoms with Gasteiger partial charge >= 0.3 is 0 Å². The second-order valence-electron chi connectivity index (χ2n) is 5.96. The van der Waals surface area contributed by atoms with Crippen LogP contribution in [0.4, 0.5) is 0 Å². The van der Waals surface area contributed by atoms with Crippen LogP contribution in [0.2, 0.25) is 0 Å². The van der Waals surface area contributed by atoms with Crippen molar-refractivity contribution < 1.29 is 14.3 Å². The van der Waals surface area contributed by atoms with Gasteiger partial charge in [-0.2, -0.15) is 0 Å². The first-order valence-corrected chi connectivity index (χ1v) is 6.95. The van der Waals surface area contributed by atoms with E-state index in [0.717, 1.165) is 23.8 Å². The number of benzene rings is 1. The minimum absolute atomic E-state index is 0.0528. The summed E-state index contributed by atoms with van der Waals surface area (Å²) in [4.78, 5) is 12.3. The Balaban J connectivity index is 1.85.